The summed E-state index contributed by atoms with van der Waals surface area (Å²) in [7, 11) is 0. The van der Waals surface area contributed by atoms with Gasteiger partial charge in [-0.25, -0.2) is 4.98 Å². The summed E-state index contributed by atoms with van der Waals surface area (Å²) in [4.78, 5) is 18.6. The zero-order valence-corrected chi connectivity index (χ0v) is 10.5. The summed E-state index contributed by atoms with van der Waals surface area (Å²) < 4.78 is 0. The van der Waals surface area contributed by atoms with Gasteiger partial charge in [0.15, 0.2) is 5.13 Å². The molecule has 5 heteroatoms. The Hall–Kier alpha value is -1.36. The van der Waals surface area contributed by atoms with Gasteiger partial charge in [-0.1, -0.05) is 24.3 Å². The van der Waals surface area contributed by atoms with Crippen LogP contribution >= 0.6 is 11.3 Å². The normalized spacial score (nSPS) is 10.1. The zero-order chi connectivity index (χ0) is 12.1. The van der Waals surface area contributed by atoms with Crippen molar-refractivity contribution >= 4 is 22.4 Å². The first-order chi connectivity index (χ1) is 7.60. The third kappa shape index (κ3) is 2.82. The van der Waals surface area contributed by atoms with Crippen LogP contribution in [0, 0.1) is 6.92 Å². The fraction of sp³-hybridized carbons (Fsp3) is 0.455. The predicted molar refractivity (Wildman–Crippen MR) is 67.7 cm³/mol. The van der Waals surface area contributed by atoms with Crippen molar-refractivity contribution in [3.05, 3.63) is 23.2 Å². The molecule has 0 aromatic carbocycles. The molecule has 1 aromatic heterocycles. The van der Waals surface area contributed by atoms with E-state index in [9.17, 15) is 4.79 Å². The molecule has 0 spiro atoms. The highest BCUT2D eigenvalue weighted by atomic mass is 32.1. The Morgan fingerprint density at radius 1 is 1.69 bits per heavy atom. The average Bonchev–Trinajstić information content (AvgIpc) is 2.56. The van der Waals surface area contributed by atoms with Crippen LogP contribution in [0.3, 0.4) is 0 Å². The standard InChI is InChI=1S/C11H17N3OS/c1-4-6-14(7-5-2)10(15)9-8(3)13-11(12)16-9/h4H,1,5-7H2,2-3H3,(H2,12,13). The SMILES string of the molecule is C=CCN(CCC)C(=O)c1sc(N)nc1C. The van der Waals surface area contributed by atoms with E-state index in [4.69, 9.17) is 5.73 Å². The molecule has 0 radical (unpaired) electrons. The number of carbonyl (C=O) groups excluding carboxylic acids is 1. The van der Waals surface area contributed by atoms with Crippen LogP contribution < -0.4 is 5.73 Å². The van der Waals surface area contributed by atoms with Crippen molar-refractivity contribution in [2.24, 2.45) is 0 Å². The van der Waals surface area contributed by atoms with E-state index in [1.807, 2.05) is 6.92 Å². The van der Waals surface area contributed by atoms with E-state index in [2.05, 4.69) is 11.6 Å². The molecule has 2 N–H and O–H groups in total. The number of nitrogens with two attached hydrogens (primary N) is 1. The van der Waals surface area contributed by atoms with Crippen molar-refractivity contribution in [3.63, 3.8) is 0 Å². The number of nitrogen functional groups attached to an aromatic ring is 1. The van der Waals surface area contributed by atoms with E-state index in [0.717, 1.165) is 13.0 Å². The zero-order valence-electron chi connectivity index (χ0n) is 9.69. The summed E-state index contributed by atoms with van der Waals surface area (Å²) in [6, 6.07) is 0. The Morgan fingerprint density at radius 3 is 2.81 bits per heavy atom. The Morgan fingerprint density at radius 2 is 2.38 bits per heavy atom. The maximum absolute atomic E-state index is 12.2. The van der Waals surface area contributed by atoms with Crippen molar-refractivity contribution in [3.8, 4) is 0 Å². The van der Waals surface area contributed by atoms with Gasteiger partial charge in [0.05, 0.1) is 5.69 Å². The van der Waals surface area contributed by atoms with Crippen LogP contribution in [-0.4, -0.2) is 28.9 Å². The predicted octanol–water partition coefficient (Wildman–Crippen LogP) is 2.07. The van der Waals surface area contributed by atoms with Crippen LogP contribution in [0.1, 0.15) is 28.7 Å². The maximum atomic E-state index is 12.2. The highest BCUT2D eigenvalue weighted by Crippen LogP contribution is 2.21. The number of amides is 1. The van der Waals surface area contributed by atoms with Crippen LogP contribution in [0.4, 0.5) is 5.13 Å². The molecule has 0 atom stereocenters. The van der Waals surface area contributed by atoms with Crippen LogP contribution in [0.5, 0.6) is 0 Å². The second kappa shape index (κ2) is 5.65. The van der Waals surface area contributed by atoms with Crippen LogP contribution in [-0.2, 0) is 0 Å². The van der Waals surface area contributed by atoms with Crippen molar-refractivity contribution in [2.45, 2.75) is 20.3 Å². The first-order valence-corrected chi connectivity index (χ1v) is 6.04. The van der Waals surface area contributed by atoms with Crippen molar-refractivity contribution < 1.29 is 4.79 Å². The molecule has 1 heterocycles. The summed E-state index contributed by atoms with van der Waals surface area (Å²) >= 11 is 1.24. The number of hydrogen-bond acceptors (Lipinski definition) is 4. The third-order valence-corrected chi connectivity index (χ3v) is 3.11. The summed E-state index contributed by atoms with van der Waals surface area (Å²) in [5.41, 5.74) is 6.29. The lowest BCUT2D eigenvalue weighted by atomic mass is 10.3. The Bertz CT molecular complexity index is 387. The van der Waals surface area contributed by atoms with Gasteiger partial charge in [-0.3, -0.25) is 4.79 Å². The molecule has 4 nitrogen and oxygen atoms in total. The summed E-state index contributed by atoms with van der Waals surface area (Å²) in [6.45, 7) is 8.78. The monoisotopic (exact) mass is 239 g/mol. The van der Waals surface area contributed by atoms with Gasteiger partial charge < -0.3 is 10.6 Å². The van der Waals surface area contributed by atoms with Gasteiger partial charge in [-0.2, -0.15) is 0 Å². The van der Waals surface area contributed by atoms with E-state index >= 15 is 0 Å². The van der Waals surface area contributed by atoms with Crippen LogP contribution in [0.15, 0.2) is 12.7 Å². The molecular weight excluding hydrogens is 222 g/mol. The number of aryl methyl sites for hydroxylation is 1. The first kappa shape index (κ1) is 12.7. The highest BCUT2D eigenvalue weighted by molar-refractivity contribution is 7.17. The van der Waals surface area contributed by atoms with Gasteiger partial charge in [0, 0.05) is 13.1 Å². The number of aromatic nitrogens is 1. The maximum Gasteiger partial charge on any atom is 0.266 e. The molecule has 1 aromatic rings. The van der Waals surface area contributed by atoms with E-state index < -0.39 is 0 Å². The Kier molecular flexibility index (Phi) is 4.49. The number of rotatable bonds is 5. The van der Waals surface area contributed by atoms with Crippen LogP contribution in [0.2, 0.25) is 0 Å². The largest absolute Gasteiger partial charge is 0.375 e. The molecule has 16 heavy (non-hydrogen) atoms. The molecule has 0 aliphatic rings. The molecule has 0 fully saturated rings. The third-order valence-electron chi connectivity index (χ3n) is 2.14. The lowest BCUT2D eigenvalue weighted by Gasteiger charge is -2.19. The van der Waals surface area contributed by atoms with Crippen LogP contribution in [0.25, 0.3) is 0 Å². The Balaban J connectivity index is 2.89. The lowest BCUT2D eigenvalue weighted by molar-refractivity contribution is 0.0778. The van der Waals surface area contributed by atoms with Gasteiger partial charge in [0.25, 0.3) is 5.91 Å². The molecule has 0 saturated carbocycles. The van der Waals surface area contributed by atoms with Gasteiger partial charge >= 0.3 is 0 Å². The van der Waals surface area contributed by atoms with Crippen molar-refractivity contribution in [1.82, 2.24) is 9.88 Å². The molecule has 0 saturated heterocycles. The minimum absolute atomic E-state index is 0.00606. The smallest absolute Gasteiger partial charge is 0.266 e. The molecule has 1 amide bonds. The number of hydrogen-bond donors (Lipinski definition) is 1. The van der Waals surface area contributed by atoms with Gasteiger partial charge in [-0.15, -0.1) is 6.58 Å². The number of nitrogens with zero attached hydrogens (tertiary/aromatic N) is 2. The minimum Gasteiger partial charge on any atom is -0.375 e. The Labute approximate surface area is 99.8 Å². The molecular formula is C11H17N3OS. The van der Waals surface area contributed by atoms with E-state index in [1.165, 1.54) is 11.3 Å². The van der Waals surface area contributed by atoms with E-state index in [1.54, 1.807) is 17.9 Å². The molecule has 0 bridgehead atoms. The topological polar surface area (TPSA) is 59.2 Å². The van der Waals surface area contributed by atoms with Crippen molar-refractivity contribution in [1.29, 1.82) is 0 Å². The molecule has 0 aliphatic heterocycles. The van der Waals surface area contributed by atoms with Gasteiger partial charge in [-0.05, 0) is 13.3 Å². The quantitative estimate of drug-likeness (QED) is 0.800. The summed E-state index contributed by atoms with van der Waals surface area (Å²) in [5, 5.41) is 0.441. The average molecular weight is 239 g/mol. The highest BCUT2D eigenvalue weighted by Gasteiger charge is 2.19. The molecule has 88 valence electrons. The first-order valence-electron chi connectivity index (χ1n) is 5.23. The van der Waals surface area contributed by atoms with Crippen molar-refractivity contribution in [2.75, 3.05) is 18.8 Å². The molecule has 0 aliphatic carbocycles. The number of anilines is 1. The van der Waals surface area contributed by atoms with E-state index in [0.29, 0.717) is 22.2 Å². The molecule has 1 rings (SSSR count). The summed E-state index contributed by atoms with van der Waals surface area (Å²) in [6.07, 6.45) is 2.65. The summed E-state index contributed by atoms with van der Waals surface area (Å²) in [5.74, 6) is -0.00606. The fourth-order valence-corrected chi connectivity index (χ4v) is 2.26. The minimum atomic E-state index is -0.00606. The van der Waals surface area contributed by atoms with Gasteiger partial charge in [0.1, 0.15) is 4.88 Å². The number of carbonyl (C=O) groups is 1. The number of thiazole rings is 1. The fourth-order valence-electron chi connectivity index (χ4n) is 1.46. The van der Waals surface area contributed by atoms with E-state index in [-0.39, 0.29) is 5.91 Å². The second-order valence-corrected chi connectivity index (χ2v) is 4.54. The lowest BCUT2D eigenvalue weighted by Crippen LogP contribution is -2.31. The van der Waals surface area contributed by atoms with Gasteiger partial charge in [0.2, 0.25) is 0 Å². The molecule has 0 unspecified atom stereocenters. The second-order valence-electron chi connectivity index (χ2n) is 3.51.